The number of aryl methyl sites for hydroxylation is 1. The van der Waals surface area contributed by atoms with Crippen molar-refractivity contribution in [1.29, 1.82) is 0 Å². The predicted octanol–water partition coefficient (Wildman–Crippen LogP) is 1.65. The fourth-order valence-corrected chi connectivity index (χ4v) is 4.91. The smallest absolute Gasteiger partial charge is 0.409 e. The van der Waals surface area contributed by atoms with Crippen molar-refractivity contribution in [2.75, 3.05) is 43.9 Å². The van der Waals surface area contributed by atoms with Crippen LogP contribution in [0.5, 0.6) is 0 Å². The van der Waals surface area contributed by atoms with Gasteiger partial charge < -0.3 is 19.5 Å². The summed E-state index contributed by atoms with van der Waals surface area (Å²) in [4.78, 5) is 23.5. The van der Waals surface area contributed by atoms with Gasteiger partial charge in [0, 0.05) is 57.4 Å². The first-order valence-electron chi connectivity index (χ1n) is 9.66. The Bertz CT molecular complexity index is 1190. The summed E-state index contributed by atoms with van der Waals surface area (Å²) < 4.78 is 32.3. The maximum Gasteiger partial charge on any atom is 0.409 e. The van der Waals surface area contributed by atoms with Gasteiger partial charge in [0.15, 0.2) is 9.84 Å². The molecule has 160 valence electrons. The van der Waals surface area contributed by atoms with Crippen LogP contribution in [-0.2, 0) is 21.6 Å². The van der Waals surface area contributed by atoms with Crippen LogP contribution >= 0.6 is 0 Å². The number of sulfone groups is 1. The average Bonchev–Trinajstić information content (AvgIpc) is 3.31. The van der Waals surface area contributed by atoms with Gasteiger partial charge >= 0.3 is 6.09 Å². The Hall–Kier alpha value is -3.08. The summed E-state index contributed by atoms with van der Waals surface area (Å²) in [5, 5.41) is 4.72. The highest BCUT2D eigenvalue weighted by atomic mass is 32.2. The zero-order valence-electron chi connectivity index (χ0n) is 17.1. The summed E-state index contributed by atoms with van der Waals surface area (Å²) in [7, 11) is -1.79. The molecule has 1 saturated heterocycles. The Morgan fingerprint density at radius 2 is 2.00 bits per heavy atom. The van der Waals surface area contributed by atoms with Crippen molar-refractivity contribution in [3.63, 3.8) is 0 Å². The molecule has 3 aromatic rings. The van der Waals surface area contributed by atoms with Crippen molar-refractivity contribution < 1.29 is 17.9 Å². The van der Waals surface area contributed by atoms with Crippen molar-refractivity contribution in [3.05, 3.63) is 24.7 Å². The molecule has 0 spiro atoms. The fraction of sp³-hybridized carbons (Fsp3) is 0.421. The number of nitrogens with zero attached hydrogens (tertiary/aromatic N) is 5. The molecule has 30 heavy (non-hydrogen) atoms. The molecule has 0 radical (unpaired) electrons. The van der Waals surface area contributed by atoms with Gasteiger partial charge in [0.25, 0.3) is 0 Å². The lowest BCUT2D eigenvalue weighted by atomic mass is 10.2. The number of nitrogens with one attached hydrogen (secondary N) is 1. The summed E-state index contributed by atoms with van der Waals surface area (Å²) in [5.41, 5.74) is 2.43. The molecule has 11 heteroatoms. The van der Waals surface area contributed by atoms with E-state index in [1.165, 1.54) is 6.26 Å². The summed E-state index contributed by atoms with van der Waals surface area (Å²) in [6, 6.07) is 1.82. The lowest BCUT2D eigenvalue weighted by molar-refractivity contribution is 0.105. The zero-order chi connectivity index (χ0) is 21.5. The number of aromatic amines is 1. The van der Waals surface area contributed by atoms with Crippen LogP contribution in [0.1, 0.15) is 6.92 Å². The molecule has 0 bridgehead atoms. The largest absolute Gasteiger partial charge is 0.450 e. The molecular formula is C19H24N6O4S. The monoisotopic (exact) mass is 432 g/mol. The first kappa shape index (κ1) is 20.2. The molecule has 0 aromatic carbocycles. The van der Waals surface area contributed by atoms with E-state index >= 15 is 0 Å². The number of ether oxygens (including phenoxy) is 1. The van der Waals surface area contributed by atoms with Crippen LogP contribution in [0.2, 0.25) is 0 Å². The van der Waals surface area contributed by atoms with Crippen molar-refractivity contribution in [2.24, 2.45) is 7.05 Å². The second-order valence-corrected chi connectivity index (χ2v) is 9.18. The van der Waals surface area contributed by atoms with Crippen LogP contribution < -0.4 is 4.90 Å². The Morgan fingerprint density at radius 1 is 1.27 bits per heavy atom. The Labute approximate surface area is 174 Å². The molecule has 4 heterocycles. The maximum absolute atomic E-state index is 12.8. The lowest BCUT2D eigenvalue weighted by Crippen LogP contribution is -2.49. The van der Waals surface area contributed by atoms with E-state index in [1.54, 1.807) is 42.1 Å². The molecular weight excluding hydrogens is 408 g/mol. The van der Waals surface area contributed by atoms with Crippen molar-refractivity contribution in [2.45, 2.75) is 11.8 Å². The second-order valence-electron chi connectivity index (χ2n) is 7.23. The van der Waals surface area contributed by atoms with Gasteiger partial charge in [-0.25, -0.2) is 18.2 Å². The van der Waals surface area contributed by atoms with E-state index in [0.29, 0.717) is 55.1 Å². The third-order valence-corrected chi connectivity index (χ3v) is 6.29. The molecule has 10 nitrogen and oxygen atoms in total. The average molecular weight is 433 g/mol. The molecule has 3 aromatic heterocycles. The number of aromatic nitrogens is 4. The van der Waals surface area contributed by atoms with Gasteiger partial charge in [-0.05, 0) is 13.0 Å². The van der Waals surface area contributed by atoms with Crippen molar-refractivity contribution in [3.8, 4) is 11.3 Å². The van der Waals surface area contributed by atoms with Crippen LogP contribution in [0, 0.1) is 0 Å². The number of amides is 1. The minimum atomic E-state index is -3.57. The minimum absolute atomic E-state index is 0.210. The number of H-pyrrole nitrogens is 1. The number of pyridine rings is 1. The molecule has 1 amide bonds. The lowest BCUT2D eigenvalue weighted by Gasteiger charge is -2.35. The van der Waals surface area contributed by atoms with E-state index in [1.807, 2.05) is 6.07 Å². The number of piperazine rings is 1. The Balaban J connectivity index is 1.77. The molecule has 0 atom stereocenters. The van der Waals surface area contributed by atoms with E-state index in [2.05, 4.69) is 20.0 Å². The normalized spacial score (nSPS) is 15.0. The van der Waals surface area contributed by atoms with Crippen LogP contribution in [0.25, 0.3) is 22.3 Å². The Kier molecular flexibility index (Phi) is 5.14. The number of fused-ring (bicyclic) bond motifs is 1. The van der Waals surface area contributed by atoms with E-state index in [9.17, 15) is 13.2 Å². The van der Waals surface area contributed by atoms with Gasteiger partial charge in [-0.3, -0.25) is 4.68 Å². The van der Waals surface area contributed by atoms with Crippen LogP contribution in [0.4, 0.5) is 10.5 Å². The second kappa shape index (κ2) is 7.63. The number of hydrogen-bond donors (Lipinski definition) is 1. The maximum atomic E-state index is 12.8. The quantitative estimate of drug-likeness (QED) is 0.667. The highest BCUT2D eigenvalue weighted by molar-refractivity contribution is 7.91. The molecule has 0 unspecified atom stereocenters. The topological polar surface area (TPSA) is 113 Å². The van der Waals surface area contributed by atoms with Gasteiger partial charge in [0.1, 0.15) is 10.5 Å². The van der Waals surface area contributed by atoms with Crippen molar-refractivity contribution in [1.82, 2.24) is 24.6 Å². The SMILES string of the molecule is CCOC(=O)N1CCN(c2ccnc3[nH]c(-c4cnn(C)c4)c(S(C)(=O)=O)c23)CC1. The molecule has 4 rings (SSSR count). The third-order valence-electron chi connectivity index (χ3n) is 5.14. The van der Waals surface area contributed by atoms with E-state index in [4.69, 9.17) is 4.74 Å². The van der Waals surface area contributed by atoms with Crippen LogP contribution in [0.15, 0.2) is 29.6 Å². The first-order valence-corrected chi connectivity index (χ1v) is 11.5. The van der Waals surface area contributed by atoms with Crippen LogP contribution in [-0.4, -0.2) is 78.2 Å². The molecule has 1 aliphatic rings. The van der Waals surface area contributed by atoms with E-state index < -0.39 is 9.84 Å². The number of hydrogen-bond acceptors (Lipinski definition) is 7. The summed E-state index contributed by atoms with van der Waals surface area (Å²) in [6.45, 7) is 4.24. The minimum Gasteiger partial charge on any atom is -0.450 e. The molecule has 1 fully saturated rings. The summed E-state index contributed by atoms with van der Waals surface area (Å²) in [5.74, 6) is 0. The highest BCUT2D eigenvalue weighted by Gasteiger charge is 2.29. The van der Waals surface area contributed by atoms with E-state index in [-0.39, 0.29) is 11.0 Å². The van der Waals surface area contributed by atoms with Gasteiger partial charge in [-0.15, -0.1) is 0 Å². The van der Waals surface area contributed by atoms with Crippen LogP contribution in [0.3, 0.4) is 0 Å². The van der Waals surface area contributed by atoms with Gasteiger partial charge in [-0.2, -0.15) is 5.10 Å². The van der Waals surface area contributed by atoms with E-state index in [0.717, 1.165) is 5.69 Å². The fourth-order valence-electron chi connectivity index (χ4n) is 3.80. The summed E-state index contributed by atoms with van der Waals surface area (Å²) >= 11 is 0. The summed E-state index contributed by atoms with van der Waals surface area (Å²) in [6.07, 6.45) is 5.92. The molecule has 0 aliphatic carbocycles. The van der Waals surface area contributed by atoms with Gasteiger partial charge in [-0.1, -0.05) is 0 Å². The zero-order valence-corrected chi connectivity index (χ0v) is 17.9. The van der Waals surface area contributed by atoms with Gasteiger partial charge in [0.05, 0.1) is 29.6 Å². The first-order chi connectivity index (χ1) is 14.3. The highest BCUT2D eigenvalue weighted by Crippen LogP contribution is 2.38. The number of anilines is 1. The third kappa shape index (κ3) is 3.60. The standard InChI is InChI=1S/C19H24N6O4S/c1-4-29-19(26)25-9-7-24(8-10-25)14-5-6-20-18-15(14)17(30(3,27)28)16(22-18)13-11-21-23(2)12-13/h5-6,11-12H,4,7-10H2,1-3H3,(H,20,22). The number of carbonyl (C=O) groups excluding carboxylic acids is 1. The van der Waals surface area contributed by atoms with Crippen molar-refractivity contribution >= 4 is 32.7 Å². The van der Waals surface area contributed by atoms with Gasteiger partial charge in [0.2, 0.25) is 0 Å². The number of rotatable bonds is 4. The molecule has 0 saturated carbocycles. The molecule has 1 aliphatic heterocycles. The number of carbonyl (C=O) groups is 1. The predicted molar refractivity (Wildman–Crippen MR) is 112 cm³/mol. The molecule has 1 N–H and O–H groups in total. The Morgan fingerprint density at radius 3 is 2.60 bits per heavy atom.